The van der Waals surface area contributed by atoms with E-state index in [1.54, 1.807) is 6.08 Å². The Morgan fingerprint density at radius 2 is 2.12 bits per heavy atom. The van der Waals surface area contributed by atoms with Crippen LogP contribution in [0, 0.1) is 6.92 Å². The predicted octanol–water partition coefficient (Wildman–Crippen LogP) is 2.45. The van der Waals surface area contributed by atoms with E-state index in [9.17, 15) is 4.79 Å². The van der Waals surface area contributed by atoms with Crippen LogP contribution in [-0.2, 0) is 11.2 Å². The van der Waals surface area contributed by atoms with Gasteiger partial charge in [-0.15, -0.1) is 0 Å². The predicted molar refractivity (Wildman–Crippen MR) is 64.4 cm³/mol. The molecule has 0 aliphatic heterocycles. The number of nitrogens with one attached hydrogen (secondary N) is 1. The Bertz CT molecular complexity index is 343. The summed E-state index contributed by atoms with van der Waals surface area (Å²) in [6, 6.07) is 8.24. The molecule has 1 rings (SSSR count). The van der Waals surface area contributed by atoms with Crippen molar-refractivity contribution >= 4 is 6.09 Å². The first-order valence-corrected chi connectivity index (χ1v) is 5.29. The van der Waals surface area contributed by atoms with Crippen molar-refractivity contribution < 1.29 is 9.53 Å². The maximum Gasteiger partial charge on any atom is 0.407 e. The second kappa shape index (κ2) is 6.67. The standard InChI is InChI=1S/C13H17NO2/c1-3-10-16-13(15)14-9-8-12-6-4-11(2)5-7-12/h3-7H,1,8-10H2,2H3,(H,14,15). The van der Waals surface area contributed by atoms with Gasteiger partial charge in [0.2, 0.25) is 0 Å². The first-order valence-electron chi connectivity index (χ1n) is 5.29. The number of alkyl carbamates (subject to hydrolysis) is 1. The summed E-state index contributed by atoms with van der Waals surface area (Å²) in [5, 5.41) is 2.67. The second-order valence-corrected chi connectivity index (χ2v) is 3.55. The van der Waals surface area contributed by atoms with Gasteiger partial charge in [0.05, 0.1) is 0 Å². The molecule has 0 unspecified atom stereocenters. The summed E-state index contributed by atoms with van der Waals surface area (Å²) in [4.78, 5) is 11.1. The summed E-state index contributed by atoms with van der Waals surface area (Å²) in [6.07, 6.45) is 1.95. The Balaban J connectivity index is 2.22. The lowest BCUT2D eigenvalue weighted by atomic mass is 10.1. The van der Waals surface area contributed by atoms with Crippen LogP contribution in [0.15, 0.2) is 36.9 Å². The van der Waals surface area contributed by atoms with E-state index >= 15 is 0 Å². The van der Waals surface area contributed by atoms with Crippen molar-refractivity contribution in [2.45, 2.75) is 13.3 Å². The summed E-state index contributed by atoms with van der Waals surface area (Å²) < 4.78 is 4.78. The Hall–Kier alpha value is -1.77. The van der Waals surface area contributed by atoms with Gasteiger partial charge in [-0.2, -0.15) is 0 Å². The Morgan fingerprint density at radius 3 is 2.75 bits per heavy atom. The molecule has 0 aliphatic rings. The second-order valence-electron chi connectivity index (χ2n) is 3.55. The van der Waals surface area contributed by atoms with Crippen molar-refractivity contribution in [1.82, 2.24) is 5.32 Å². The zero-order valence-corrected chi connectivity index (χ0v) is 9.53. The molecule has 86 valence electrons. The summed E-state index contributed by atoms with van der Waals surface area (Å²) in [6.45, 7) is 6.34. The quantitative estimate of drug-likeness (QED) is 0.772. The van der Waals surface area contributed by atoms with E-state index in [2.05, 4.69) is 43.1 Å². The highest BCUT2D eigenvalue weighted by Gasteiger charge is 1.99. The van der Waals surface area contributed by atoms with Crippen molar-refractivity contribution in [3.8, 4) is 0 Å². The number of rotatable bonds is 5. The SMILES string of the molecule is C=CCOC(=O)NCCc1ccc(C)cc1. The van der Waals surface area contributed by atoms with Gasteiger partial charge in [0.15, 0.2) is 0 Å². The fourth-order valence-corrected chi connectivity index (χ4v) is 1.25. The van der Waals surface area contributed by atoms with Crippen molar-refractivity contribution in [2.24, 2.45) is 0 Å². The number of ether oxygens (including phenoxy) is 1. The van der Waals surface area contributed by atoms with Gasteiger partial charge in [-0.1, -0.05) is 42.5 Å². The van der Waals surface area contributed by atoms with E-state index in [1.807, 2.05) is 0 Å². The molecule has 0 heterocycles. The van der Waals surface area contributed by atoms with E-state index in [4.69, 9.17) is 4.74 Å². The van der Waals surface area contributed by atoms with E-state index in [-0.39, 0.29) is 6.61 Å². The minimum absolute atomic E-state index is 0.246. The molecule has 0 saturated carbocycles. The number of carbonyl (C=O) groups excluding carboxylic acids is 1. The van der Waals surface area contributed by atoms with Crippen LogP contribution < -0.4 is 5.32 Å². The molecule has 0 bridgehead atoms. The van der Waals surface area contributed by atoms with Gasteiger partial charge in [-0.3, -0.25) is 0 Å². The number of carbonyl (C=O) groups is 1. The molecule has 0 spiro atoms. The molecule has 3 nitrogen and oxygen atoms in total. The summed E-state index contributed by atoms with van der Waals surface area (Å²) in [5.74, 6) is 0. The van der Waals surface area contributed by atoms with Gasteiger partial charge < -0.3 is 10.1 Å². The third kappa shape index (κ3) is 4.64. The fraction of sp³-hybridized carbons (Fsp3) is 0.308. The molecule has 0 atom stereocenters. The van der Waals surface area contributed by atoms with Gasteiger partial charge in [0.25, 0.3) is 0 Å². The van der Waals surface area contributed by atoms with Crippen LogP contribution in [0.2, 0.25) is 0 Å². The molecule has 3 heteroatoms. The molecule has 0 aromatic heterocycles. The van der Waals surface area contributed by atoms with Gasteiger partial charge in [-0.05, 0) is 18.9 Å². The molecular formula is C13H17NO2. The Kier molecular flexibility index (Phi) is 5.12. The Morgan fingerprint density at radius 1 is 1.44 bits per heavy atom. The Labute approximate surface area is 96.1 Å². The summed E-state index contributed by atoms with van der Waals surface area (Å²) in [5.41, 5.74) is 2.44. The number of amides is 1. The van der Waals surface area contributed by atoms with E-state index < -0.39 is 6.09 Å². The van der Waals surface area contributed by atoms with Gasteiger partial charge in [0, 0.05) is 6.54 Å². The van der Waals surface area contributed by atoms with Crippen molar-refractivity contribution in [3.63, 3.8) is 0 Å². The third-order valence-corrected chi connectivity index (χ3v) is 2.14. The summed E-state index contributed by atoms with van der Waals surface area (Å²) >= 11 is 0. The molecule has 16 heavy (non-hydrogen) atoms. The van der Waals surface area contributed by atoms with Crippen LogP contribution in [0.25, 0.3) is 0 Å². The van der Waals surface area contributed by atoms with Crippen molar-refractivity contribution in [3.05, 3.63) is 48.0 Å². The molecule has 1 N–H and O–H groups in total. The first kappa shape index (κ1) is 12.3. The average Bonchev–Trinajstić information content (AvgIpc) is 2.29. The molecular weight excluding hydrogens is 202 g/mol. The van der Waals surface area contributed by atoms with Crippen molar-refractivity contribution in [2.75, 3.05) is 13.2 Å². The van der Waals surface area contributed by atoms with E-state index in [0.29, 0.717) is 6.54 Å². The number of aryl methyl sites for hydroxylation is 1. The van der Waals surface area contributed by atoms with Crippen LogP contribution >= 0.6 is 0 Å². The fourth-order valence-electron chi connectivity index (χ4n) is 1.25. The van der Waals surface area contributed by atoms with Gasteiger partial charge in [-0.25, -0.2) is 4.79 Å². The van der Waals surface area contributed by atoms with Crippen LogP contribution in [0.4, 0.5) is 4.79 Å². The minimum Gasteiger partial charge on any atom is -0.445 e. The molecule has 0 aliphatic carbocycles. The maximum atomic E-state index is 11.1. The lowest BCUT2D eigenvalue weighted by Crippen LogP contribution is -2.26. The molecule has 0 saturated heterocycles. The number of hydrogen-bond donors (Lipinski definition) is 1. The van der Waals surface area contributed by atoms with Crippen LogP contribution in [0.3, 0.4) is 0 Å². The molecule has 1 amide bonds. The summed E-state index contributed by atoms with van der Waals surface area (Å²) in [7, 11) is 0. The largest absolute Gasteiger partial charge is 0.445 e. The topological polar surface area (TPSA) is 38.3 Å². The first-order chi connectivity index (χ1) is 7.72. The highest BCUT2D eigenvalue weighted by Crippen LogP contribution is 2.02. The number of hydrogen-bond acceptors (Lipinski definition) is 2. The normalized spacial score (nSPS) is 9.56. The zero-order chi connectivity index (χ0) is 11.8. The van der Waals surface area contributed by atoms with Crippen LogP contribution in [0.1, 0.15) is 11.1 Å². The zero-order valence-electron chi connectivity index (χ0n) is 9.53. The lowest BCUT2D eigenvalue weighted by Gasteiger charge is -2.05. The maximum absolute atomic E-state index is 11.1. The third-order valence-electron chi connectivity index (χ3n) is 2.14. The lowest BCUT2D eigenvalue weighted by molar-refractivity contribution is 0.158. The smallest absolute Gasteiger partial charge is 0.407 e. The van der Waals surface area contributed by atoms with Crippen LogP contribution in [0.5, 0.6) is 0 Å². The molecule has 0 radical (unpaired) electrons. The van der Waals surface area contributed by atoms with E-state index in [0.717, 1.165) is 6.42 Å². The number of benzene rings is 1. The van der Waals surface area contributed by atoms with Crippen LogP contribution in [-0.4, -0.2) is 19.2 Å². The molecule has 1 aromatic rings. The minimum atomic E-state index is -0.396. The molecule has 1 aromatic carbocycles. The van der Waals surface area contributed by atoms with Gasteiger partial charge in [0.1, 0.15) is 6.61 Å². The molecule has 0 fully saturated rings. The highest BCUT2D eigenvalue weighted by atomic mass is 16.5. The average molecular weight is 219 g/mol. The van der Waals surface area contributed by atoms with E-state index in [1.165, 1.54) is 11.1 Å². The van der Waals surface area contributed by atoms with Crippen molar-refractivity contribution in [1.29, 1.82) is 0 Å². The van der Waals surface area contributed by atoms with Gasteiger partial charge >= 0.3 is 6.09 Å². The monoisotopic (exact) mass is 219 g/mol. The highest BCUT2D eigenvalue weighted by molar-refractivity contribution is 5.67.